The van der Waals surface area contributed by atoms with Gasteiger partial charge in [-0.3, -0.25) is 4.79 Å². The zero-order valence-corrected chi connectivity index (χ0v) is 15.7. The third kappa shape index (κ3) is 3.49. The predicted molar refractivity (Wildman–Crippen MR) is 107 cm³/mol. The first kappa shape index (κ1) is 17.9. The minimum absolute atomic E-state index is 0.180. The van der Waals surface area contributed by atoms with Crippen LogP contribution < -0.4 is 10.6 Å². The molecule has 0 spiro atoms. The fraction of sp³-hybridized carbons (Fsp3) is 0.0500. The highest BCUT2D eigenvalue weighted by Crippen LogP contribution is 2.26. The van der Waals surface area contributed by atoms with Gasteiger partial charge in [0.1, 0.15) is 10.7 Å². The first-order chi connectivity index (χ1) is 13.4. The number of amidine groups is 1. The van der Waals surface area contributed by atoms with Crippen molar-refractivity contribution < 1.29 is 13.2 Å². The summed E-state index contributed by atoms with van der Waals surface area (Å²) in [7, 11) is -3.68. The van der Waals surface area contributed by atoms with E-state index in [0.717, 1.165) is 5.56 Å². The lowest BCUT2D eigenvalue weighted by atomic mass is 10.1. The first-order valence-corrected chi connectivity index (χ1v) is 9.92. The van der Waals surface area contributed by atoms with E-state index in [2.05, 4.69) is 20.0 Å². The highest BCUT2D eigenvalue weighted by molar-refractivity contribution is 7.90. The number of carbonyl (C=O) groups excluding carboxylic acids is 1. The van der Waals surface area contributed by atoms with Crippen molar-refractivity contribution in [3.8, 4) is 0 Å². The van der Waals surface area contributed by atoms with E-state index in [9.17, 15) is 13.2 Å². The third-order valence-electron chi connectivity index (χ3n) is 4.20. The van der Waals surface area contributed by atoms with Gasteiger partial charge < -0.3 is 10.6 Å². The topological polar surface area (TPSA) is 101 Å². The van der Waals surface area contributed by atoms with Gasteiger partial charge in [0.15, 0.2) is 5.84 Å². The molecule has 1 amide bonds. The van der Waals surface area contributed by atoms with E-state index in [4.69, 9.17) is 0 Å². The largest absolute Gasteiger partial charge is 0.339 e. The van der Waals surface area contributed by atoms with E-state index in [1.807, 2.05) is 13.0 Å². The Balaban J connectivity index is 1.51. The molecule has 7 nitrogen and oxygen atoms in total. The monoisotopic (exact) mass is 392 g/mol. The number of nitrogens with zero attached hydrogens (tertiary/aromatic N) is 2. The number of pyridine rings is 1. The van der Waals surface area contributed by atoms with Crippen LogP contribution in [0.15, 0.2) is 76.2 Å². The Morgan fingerprint density at radius 1 is 1.00 bits per heavy atom. The van der Waals surface area contributed by atoms with Crippen LogP contribution in [0.2, 0.25) is 0 Å². The Hall–Kier alpha value is -3.52. The molecular weight excluding hydrogens is 376 g/mol. The van der Waals surface area contributed by atoms with E-state index in [-0.39, 0.29) is 16.6 Å². The van der Waals surface area contributed by atoms with Gasteiger partial charge in [0.05, 0.1) is 0 Å². The number of hydrogen-bond acceptors (Lipinski definition) is 5. The Kier molecular flexibility index (Phi) is 4.40. The summed E-state index contributed by atoms with van der Waals surface area (Å²) in [5, 5.41) is 5.74. The lowest BCUT2D eigenvalue weighted by Crippen LogP contribution is -2.14. The molecular formula is C20H16N4O3S. The van der Waals surface area contributed by atoms with E-state index in [1.165, 1.54) is 6.07 Å². The van der Waals surface area contributed by atoms with E-state index in [1.54, 1.807) is 54.7 Å². The van der Waals surface area contributed by atoms with Crippen LogP contribution in [0, 0.1) is 6.92 Å². The maximum Gasteiger partial charge on any atom is 0.285 e. The Bertz CT molecular complexity index is 1200. The molecule has 2 aromatic carbocycles. The molecule has 4 rings (SSSR count). The van der Waals surface area contributed by atoms with Crippen LogP contribution in [0.25, 0.3) is 0 Å². The van der Waals surface area contributed by atoms with Crippen molar-refractivity contribution in [2.75, 3.05) is 10.6 Å². The second-order valence-corrected chi connectivity index (χ2v) is 7.86. The summed E-state index contributed by atoms with van der Waals surface area (Å²) >= 11 is 0. The first-order valence-electron chi connectivity index (χ1n) is 8.48. The van der Waals surface area contributed by atoms with Gasteiger partial charge >= 0.3 is 0 Å². The quantitative estimate of drug-likeness (QED) is 0.713. The minimum atomic E-state index is -3.68. The fourth-order valence-corrected chi connectivity index (χ4v) is 4.01. The van der Waals surface area contributed by atoms with Crippen LogP contribution in [0.4, 0.5) is 11.5 Å². The van der Waals surface area contributed by atoms with Crippen molar-refractivity contribution in [3.63, 3.8) is 0 Å². The molecule has 0 saturated carbocycles. The average molecular weight is 392 g/mol. The van der Waals surface area contributed by atoms with E-state index >= 15 is 0 Å². The number of hydrogen-bond donors (Lipinski definition) is 2. The van der Waals surface area contributed by atoms with Crippen molar-refractivity contribution in [1.29, 1.82) is 0 Å². The summed E-state index contributed by atoms with van der Waals surface area (Å²) in [4.78, 5) is 16.6. The molecule has 0 radical (unpaired) electrons. The van der Waals surface area contributed by atoms with Crippen LogP contribution in [0.5, 0.6) is 0 Å². The number of carbonyl (C=O) groups is 1. The molecule has 0 aliphatic carbocycles. The summed E-state index contributed by atoms with van der Waals surface area (Å²) in [5.74, 6) is 0.460. The number of rotatable bonds is 3. The van der Waals surface area contributed by atoms with Crippen LogP contribution >= 0.6 is 0 Å². The van der Waals surface area contributed by atoms with Gasteiger partial charge in [-0.25, -0.2) is 4.98 Å². The average Bonchev–Trinajstić information content (AvgIpc) is 2.93. The van der Waals surface area contributed by atoms with Gasteiger partial charge in [0.25, 0.3) is 15.9 Å². The Morgan fingerprint density at radius 2 is 1.75 bits per heavy atom. The van der Waals surface area contributed by atoms with Crippen molar-refractivity contribution in [2.45, 2.75) is 11.8 Å². The predicted octanol–water partition coefficient (Wildman–Crippen LogP) is 3.20. The molecule has 0 atom stereocenters. The summed E-state index contributed by atoms with van der Waals surface area (Å²) in [6, 6.07) is 16.9. The molecule has 140 valence electrons. The number of sulfonamides is 1. The van der Waals surface area contributed by atoms with Crippen molar-refractivity contribution >= 4 is 33.3 Å². The summed E-state index contributed by atoms with van der Waals surface area (Å²) in [6.07, 6.45) is 1.63. The molecule has 8 heteroatoms. The second-order valence-electron chi connectivity index (χ2n) is 6.29. The van der Waals surface area contributed by atoms with Gasteiger partial charge in [-0.15, -0.1) is 4.40 Å². The molecule has 0 saturated heterocycles. The highest BCUT2D eigenvalue weighted by Gasteiger charge is 2.28. The number of nitrogens with one attached hydrogen (secondary N) is 2. The summed E-state index contributed by atoms with van der Waals surface area (Å²) in [5.41, 5.74) is 2.60. The number of benzene rings is 2. The van der Waals surface area contributed by atoms with Crippen LogP contribution in [0.1, 0.15) is 21.5 Å². The maximum absolute atomic E-state index is 12.4. The van der Waals surface area contributed by atoms with Crippen molar-refractivity contribution in [1.82, 2.24) is 4.98 Å². The maximum atomic E-state index is 12.4. The zero-order chi connectivity index (χ0) is 19.7. The van der Waals surface area contributed by atoms with Gasteiger partial charge in [0.2, 0.25) is 0 Å². The standard InChI is InChI=1S/C20H16N4O3S/c1-13-10-11-21-18(12-13)23-20(25)14-6-8-15(9-7-14)22-19-16-4-2-3-5-17(16)28(26,27)24-19/h2-12H,1H3,(H,22,24)(H,21,23,25). The molecule has 2 heterocycles. The Labute approximate surface area is 162 Å². The molecule has 3 aromatic rings. The fourth-order valence-electron chi connectivity index (χ4n) is 2.83. The number of fused-ring (bicyclic) bond motifs is 1. The normalized spacial score (nSPS) is 14.1. The van der Waals surface area contributed by atoms with E-state index < -0.39 is 10.0 Å². The van der Waals surface area contributed by atoms with Crippen LogP contribution in [-0.4, -0.2) is 25.1 Å². The molecule has 2 N–H and O–H groups in total. The number of anilines is 2. The van der Waals surface area contributed by atoms with Crippen LogP contribution in [-0.2, 0) is 10.0 Å². The molecule has 0 fully saturated rings. The molecule has 1 aromatic heterocycles. The minimum Gasteiger partial charge on any atom is -0.339 e. The SMILES string of the molecule is Cc1ccnc(NC(=O)c2ccc(NC3=NS(=O)(=O)c4ccccc43)cc2)c1. The molecule has 1 aliphatic heterocycles. The lowest BCUT2D eigenvalue weighted by molar-refractivity contribution is 0.102. The third-order valence-corrected chi connectivity index (χ3v) is 5.53. The van der Waals surface area contributed by atoms with Crippen molar-refractivity contribution in [2.24, 2.45) is 4.40 Å². The van der Waals surface area contributed by atoms with Gasteiger partial charge in [-0.1, -0.05) is 12.1 Å². The highest BCUT2D eigenvalue weighted by atomic mass is 32.2. The smallest absolute Gasteiger partial charge is 0.285 e. The molecule has 0 unspecified atom stereocenters. The number of aromatic nitrogens is 1. The second kappa shape index (κ2) is 6.90. The molecule has 0 bridgehead atoms. The van der Waals surface area contributed by atoms with Gasteiger partial charge in [-0.05, 0) is 61.0 Å². The number of amides is 1. The molecule has 28 heavy (non-hydrogen) atoms. The van der Waals surface area contributed by atoms with Gasteiger partial charge in [-0.2, -0.15) is 8.42 Å². The van der Waals surface area contributed by atoms with Crippen LogP contribution in [0.3, 0.4) is 0 Å². The summed E-state index contributed by atoms with van der Waals surface area (Å²) in [6.45, 7) is 1.92. The number of aryl methyl sites for hydroxylation is 1. The molecule has 1 aliphatic rings. The van der Waals surface area contributed by atoms with E-state index in [0.29, 0.717) is 22.6 Å². The van der Waals surface area contributed by atoms with Gasteiger partial charge in [0, 0.05) is 23.0 Å². The Morgan fingerprint density at radius 3 is 2.50 bits per heavy atom. The zero-order valence-electron chi connectivity index (χ0n) is 14.9. The van der Waals surface area contributed by atoms with Crippen molar-refractivity contribution in [3.05, 3.63) is 83.6 Å². The lowest BCUT2D eigenvalue weighted by Gasteiger charge is -2.08. The summed E-state index contributed by atoms with van der Waals surface area (Å²) < 4.78 is 28.0.